The van der Waals surface area contributed by atoms with Crippen molar-refractivity contribution in [3.63, 3.8) is 0 Å². The first-order chi connectivity index (χ1) is 11.8. The van der Waals surface area contributed by atoms with Crippen LogP contribution in [0, 0.1) is 29.1 Å². The summed E-state index contributed by atoms with van der Waals surface area (Å²) in [6.45, 7) is 0. The van der Waals surface area contributed by atoms with Crippen LogP contribution < -0.4 is 4.74 Å². The summed E-state index contributed by atoms with van der Waals surface area (Å²) >= 11 is 0. The van der Waals surface area contributed by atoms with Crippen molar-refractivity contribution in [3.8, 4) is 5.75 Å². The van der Waals surface area contributed by atoms with Gasteiger partial charge in [0.15, 0.2) is 0 Å². The zero-order valence-corrected chi connectivity index (χ0v) is 12.0. The molecule has 0 unspecified atom stereocenters. The number of aromatic nitrogens is 1. The van der Waals surface area contributed by atoms with Crippen LogP contribution in [0.15, 0.2) is 24.3 Å². The molecule has 3 aromatic rings. The van der Waals surface area contributed by atoms with E-state index >= 15 is 0 Å². The van der Waals surface area contributed by atoms with Crippen LogP contribution >= 0.6 is 0 Å². The number of carbonyl (C=O) groups is 2. The Balaban J connectivity index is 1.99. The van der Waals surface area contributed by atoms with Gasteiger partial charge in [-0.15, -0.1) is 0 Å². The number of halogens is 5. The number of rotatable bonds is 3. The van der Waals surface area contributed by atoms with E-state index in [-0.39, 0.29) is 5.69 Å². The highest BCUT2D eigenvalue weighted by Crippen LogP contribution is 2.30. The van der Waals surface area contributed by atoms with Gasteiger partial charge in [-0.1, -0.05) is 0 Å². The molecule has 0 bridgehead atoms. The highest BCUT2D eigenvalue weighted by molar-refractivity contribution is 5.97. The van der Waals surface area contributed by atoms with Crippen molar-refractivity contribution in [2.75, 3.05) is 0 Å². The largest absolute Gasteiger partial charge is 0.415 e. The van der Waals surface area contributed by atoms with Crippen LogP contribution in [0.2, 0.25) is 0 Å². The lowest BCUT2D eigenvalue weighted by molar-refractivity contribution is 0.0710. The molecular weight excluding hydrogens is 349 g/mol. The molecule has 0 saturated carbocycles. The van der Waals surface area contributed by atoms with E-state index in [1.54, 1.807) is 0 Å². The Morgan fingerprint density at radius 3 is 2.12 bits per heavy atom. The summed E-state index contributed by atoms with van der Waals surface area (Å²) in [5, 5.41) is 0.411. The third-order valence-electron chi connectivity index (χ3n) is 3.37. The summed E-state index contributed by atoms with van der Waals surface area (Å²) < 4.78 is 70.6. The maximum Gasteiger partial charge on any atom is 0.360 e. The lowest BCUT2D eigenvalue weighted by Crippen LogP contribution is -2.14. The molecule has 25 heavy (non-hydrogen) atoms. The van der Waals surface area contributed by atoms with Crippen molar-refractivity contribution in [2.24, 2.45) is 0 Å². The molecule has 2 aromatic carbocycles. The van der Waals surface area contributed by atoms with E-state index in [9.17, 15) is 31.5 Å². The van der Waals surface area contributed by atoms with Gasteiger partial charge in [0.25, 0.3) is 0 Å². The Morgan fingerprint density at radius 1 is 0.920 bits per heavy atom. The van der Waals surface area contributed by atoms with Gasteiger partial charge in [0, 0.05) is 16.5 Å². The fourth-order valence-electron chi connectivity index (χ4n) is 2.16. The molecule has 0 aliphatic rings. The van der Waals surface area contributed by atoms with E-state index in [1.807, 2.05) is 0 Å². The van der Waals surface area contributed by atoms with Crippen LogP contribution in [-0.4, -0.2) is 17.2 Å². The second kappa shape index (κ2) is 6.00. The van der Waals surface area contributed by atoms with Gasteiger partial charge in [-0.05, 0) is 24.3 Å². The molecule has 9 heteroatoms. The maximum absolute atomic E-state index is 13.5. The predicted molar refractivity (Wildman–Crippen MR) is 74.9 cm³/mol. The van der Waals surface area contributed by atoms with Gasteiger partial charge in [-0.25, -0.2) is 18.0 Å². The molecule has 0 fully saturated rings. The van der Waals surface area contributed by atoms with E-state index < -0.39 is 40.8 Å². The molecule has 1 heterocycles. The Bertz CT molecular complexity index is 999. The van der Waals surface area contributed by atoms with Crippen LogP contribution in [0.5, 0.6) is 5.75 Å². The summed E-state index contributed by atoms with van der Waals surface area (Å²) in [6, 6.07) is 5.55. The van der Waals surface area contributed by atoms with E-state index in [4.69, 9.17) is 0 Å². The first-order valence-electron chi connectivity index (χ1n) is 6.65. The van der Waals surface area contributed by atoms with Crippen molar-refractivity contribution in [3.05, 3.63) is 64.6 Å². The van der Waals surface area contributed by atoms with E-state index in [1.165, 1.54) is 24.3 Å². The SMILES string of the molecule is O=Cc1ccc2[nH]c(C(=O)Oc3c(F)c(F)c(F)c(F)c3F)cc2c1. The highest BCUT2D eigenvalue weighted by atomic mass is 19.2. The second-order valence-corrected chi connectivity index (χ2v) is 4.94. The predicted octanol–water partition coefficient (Wildman–Crippen LogP) is 3.90. The second-order valence-electron chi connectivity index (χ2n) is 4.94. The molecule has 1 N–H and O–H groups in total. The Hall–Kier alpha value is -3.23. The lowest BCUT2D eigenvalue weighted by Gasteiger charge is -2.07. The number of H-pyrrole nitrogens is 1. The fraction of sp³-hybridized carbons (Fsp3) is 0. The maximum atomic E-state index is 13.5. The molecule has 0 amide bonds. The monoisotopic (exact) mass is 355 g/mol. The van der Waals surface area contributed by atoms with Crippen molar-refractivity contribution in [1.82, 2.24) is 4.98 Å². The zero-order valence-electron chi connectivity index (χ0n) is 12.0. The molecule has 0 atom stereocenters. The van der Waals surface area contributed by atoms with Gasteiger partial charge in [0.2, 0.25) is 34.8 Å². The van der Waals surface area contributed by atoms with Gasteiger partial charge < -0.3 is 9.72 Å². The number of esters is 1. The molecule has 128 valence electrons. The minimum Gasteiger partial charge on any atom is -0.415 e. The van der Waals surface area contributed by atoms with E-state index in [2.05, 4.69) is 9.72 Å². The first-order valence-corrected chi connectivity index (χ1v) is 6.65. The number of hydrogen-bond donors (Lipinski definition) is 1. The molecule has 4 nitrogen and oxygen atoms in total. The Labute approximate surface area is 135 Å². The molecule has 3 rings (SSSR count). The highest BCUT2D eigenvalue weighted by Gasteiger charge is 2.29. The first kappa shape index (κ1) is 16.6. The van der Waals surface area contributed by atoms with Crippen molar-refractivity contribution in [2.45, 2.75) is 0 Å². The number of nitrogens with one attached hydrogen (secondary N) is 1. The minimum absolute atomic E-state index is 0.304. The summed E-state index contributed by atoms with van der Waals surface area (Å²) in [4.78, 5) is 25.2. The average Bonchev–Trinajstić information content (AvgIpc) is 3.05. The number of aromatic amines is 1. The Morgan fingerprint density at radius 2 is 1.52 bits per heavy atom. The molecule has 1 aromatic heterocycles. The van der Waals surface area contributed by atoms with E-state index in [0.717, 1.165) is 0 Å². The summed E-state index contributed by atoms with van der Waals surface area (Å²) in [6.07, 6.45) is 0.569. The average molecular weight is 355 g/mol. The van der Waals surface area contributed by atoms with Gasteiger partial charge in [-0.2, -0.15) is 8.78 Å². The van der Waals surface area contributed by atoms with Crippen molar-refractivity contribution in [1.29, 1.82) is 0 Å². The van der Waals surface area contributed by atoms with Gasteiger partial charge in [0.1, 0.15) is 12.0 Å². The summed E-state index contributed by atoms with van der Waals surface area (Å²) in [5.41, 5.74) is 0.406. The normalized spacial score (nSPS) is 10.9. The van der Waals surface area contributed by atoms with Gasteiger partial charge in [-0.3, -0.25) is 4.79 Å². The molecule has 0 radical (unpaired) electrons. The Kier molecular flexibility index (Phi) is 3.99. The number of hydrogen-bond acceptors (Lipinski definition) is 3. The summed E-state index contributed by atoms with van der Waals surface area (Å²) in [5.74, 6) is -14.4. The topological polar surface area (TPSA) is 59.2 Å². The molecule has 0 aliphatic heterocycles. The van der Waals surface area contributed by atoms with Crippen LogP contribution in [0.1, 0.15) is 20.8 Å². The molecule has 0 aliphatic carbocycles. The van der Waals surface area contributed by atoms with E-state index in [0.29, 0.717) is 22.8 Å². The number of carbonyl (C=O) groups excluding carboxylic acids is 2. The minimum atomic E-state index is -2.36. The van der Waals surface area contributed by atoms with Gasteiger partial charge >= 0.3 is 5.97 Å². The van der Waals surface area contributed by atoms with Crippen molar-refractivity contribution < 1.29 is 36.3 Å². The summed E-state index contributed by atoms with van der Waals surface area (Å²) in [7, 11) is 0. The van der Waals surface area contributed by atoms with Crippen LogP contribution in [0.3, 0.4) is 0 Å². The lowest BCUT2D eigenvalue weighted by atomic mass is 10.2. The number of benzene rings is 2. The quantitative estimate of drug-likeness (QED) is 0.194. The zero-order chi connectivity index (χ0) is 18.3. The van der Waals surface area contributed by atoms with Crippen LogP contribution in [0.25, 0.3) is 10.9 Å². The smallest absolute Gasteiger partial charge is 0.360 e. The number of fused-ring (bicyclic) bond motifs is 1. The fourth-order valence-corrected chi connectivity index (χ4v) is 2.16. The van der Waals surface area contributed by atoms with Crippen molar-refractivity contribution >= 4 is 23.2 Å². The molecule has 0 spiro atoms. The number of aldehydes is 1. The van der Waals surface area contributed by atoms with Crippen LogP contribution in [-0.2, 0) is 0 Å². The molecular formula is C16H6F5NO3. The standard InChI is InChI=1S/C16H6F5NO3/c17-10-11(18)13(20)15(14(21)12(10)19)25-16(24)9-4-7-3-6(5-23)1-2-8(7)22-9/h1-5,22H. The third-order valence-corrected chi connectivity index (χ3v) is 3.37. The van der Waals surface area contributed by atoms with Gasteiger partial charge in [0.05, 0.1) is 0 Å². The third kappa shape index (κ3) is 2.73. The molecule has 0 saturated heterocycles. The van der Waals surface area contributed by atoms with Crippen LogP contribution in [0.4, 0.5) is 22.0 Å². The number of ether oxygens (including phenoxy) is 1.